The van der Waals surface area contributed by atoms with Gasteiger partial charge in [0.2, 0.25) is 5.91 Å². The van der Waals surface area contributed by atoms with Gasteiger partial charge in [-0.25, -0.2) is 4.79 Å². The Balaban J connectivity index is 1.90. The van der Waals surface area contributed by atoms with Gasteiger partial charge in [-0.1, -0.05) is 12.1 Å². The molecule has 166 valence electrons. The van der Waals surface area contributed by atoms with Crippen molar-refractivity contribution in [3.63, 3.8) is 0 Å². The summed E-state index contributed by atoms with van der Waals surface area (Å²) < 4.78 is 20.5. The third-order valence-corrected chi connectivity index (χ3v) is 4.28. The number of carbonyl (C=O) groups excluding carboxylic acids is 2. The number of rotatable bonds is 11. The van der Waals surface area contributed by atoms with E-state index >= 15 is 0 Å². The average Bonchev–Trinajstić information content (AvgIpc) is 2.77. The minimum atomic E-state index is -0.857. The van der Waals surface area contributed by atoms with Gasteiger partial charge in [-0.05, 0) is 24.1 Å². The molecule has 0 fully saturated rings. The Morgan fingerprint density at radius 3 is 2.48 bits per heavy atom. The molecule has 31 heavy (non-hydrogen) atoms. The van der Waals surface area contributed by atoms with Crippen LogP contribution in [0.3, 0.4) is 0 Å². The van der Waals surface area contributed by atoms with Crippen LogP contribution in [0, 0.1) is 10.1 Å². The molecule has 0 aliphatic heterocycles. The number of ether oxygens (including phenoxy) is 4. The zero-order valence-corrected chi connectivity index (χ0v) is 17.5. The summed E-state index contributed by atoms with van der Waals surface area (Å²) in [5.41, 5.74) is 0.148. The number of nitro groups is 1. The lowest BCUT2D eigenvalue weighted by Crippen LogP contribution is -2.27. The molecule has 2 aromatic carbocycles. The minimum absolute atomic E-state index is 0.112. The van der Waals surface area contributed by atoms with E-state index in [0.29, 0.717) is 18.7 Å². The molecular formula is C21H24N2O8. The second kappa shape index (κ2) is 11.4. The molecule has 0 atom stereocenters. The Hall–Kier alpha value is -3.82. The van der Waals surface area contributed by atoms with Crippen LogP contribution in [0.15, 0.2) is 36.4 Å². The van der Waals surface area contributed by atoms with Crippen molar-refractivity contribution in [2.45, 2.75) is 12.8 Å². The molecule has 0 aliphatic rings. The predicted molar refractivity (Wildman–Crippen MR) is 111 cm³/mol. The van der Waals surface area contributed by atoms with Gasteiger partial charge in [-0.2, -0.15) is 0 Å². The molecule has 0 saturated carbocycles. The summed E-state index contributed by atoms with van der Waals surface area (Å²) in [7, 11) is 4.03. The van der Waals surface area contributed by atoms with Crippen molar-refractivity contribution >= 4 is 17.6 Å². The number of methoxy groups -OCH3 is 3. The normalized spacial score (nSPS) is 10.2. The first kappa shape index (κ1) is 23.5. The van der Waals surface area contributed by atoms with Crippen molar-refractivity contribution in [2.75, 3.05) is 34.5 Å². The van der Waals surface area contributed by atoms with E-state index in [4.69, 9.17) is 14.2 Å². The largest absolute Gasteiger partial charge is 0.497 e. The standard InChI is InChI=1S/C21H24N2O8/c1-28-15-7-4-6-14(10-15)11-20(24)22-8-5-9-31-19-12-16(21(25)30-3)17(23(26)27)13-18(19)29-2/h4,6-7,10,12-13H,5,8-9,11H2,1-3H3,(H,22,24). The van der Waals surface area contributed by atoms with Crippen molar-refractivity contribution in [2.24, 2.45) is 0 Å². The zero-order chi connectivity index (χ0) is 22.8. The summed E-state index contributed by atoms with van der Waals surface area (Å²) in [4.78, 5) is 34.4. The monoisotopic (exact) mass is 432 g/mol. The van der Waals surface area contributed by atoms with Crippen LogP contribution < -0.4 is 19.5 Å². The van der Waals surface area contributed by atoms with Crippen molar-refractivity contribution in [3.05, 3.63) is 57.6 Å². The van der Waals surface area contributed by atoms with E-state index in [1.54, 1.807) is 19.2 Å². The van der Waals surface area contributed by atoms with Crippen LogP contribution in [-0.4, -0.2) is 51.3 Å². The van der Waals surface area contributed by atoms with Gasteiger partial charge in [0.25, 0.3) is 5.69 Å². The van der Waals surface area contributed by atoms with Crippen LogP contribution in [0.4, 0.5) is 5.69 Å². The Kier molecular flexibility index (Phi) is 8.62. The highest BCUT2D eigenvalue weighted by Gasteiger charge is 2.25. The lowest BCUT2D eigenvalue weighted by molar-refractivity contribution is -0.385. The molecule has 10 heteroatoms. The summed E-state index contributed by atoms with van der Waals surface area (Å²) >= 11 is 0. The summed E-state index contributed by atoms with van der Waals surface area (Å²) in [6.07, 6.45) is 0.689. The van der Waals surface area contributed by atoms with Crippen LogP contribution in [0.1, 0.15) is 22.3 Å². The number of hydrogen-bond donors (Lipinski definition) is 1. The topological polar surface area (TPSA) is 126 Å². The summed E-state index contributed by atoms with van der Waals surface area (Å²) in [5.74, 6) is -0.0437. The van der Waals surface area contributed by atoms with Gasteiger partial charge in [0.05, 0.1) is 45.3 Å². The van der Waals surface area contributed by atoms with Gasteiger partial charge < -0.3 is 24.3 Å². The molecule has 0 heterocycles. The first-order chi connectivity index (χ1) is 14.9. The van der Waals surface area contributed by atoms with E-state index < -0.39 is 16.6 Å². The molecule has 2 rings (SSSR count). The molecular weight excluding hydrogens is 408 g/mol. The number of nitrogens with one attached hydrogen (secondary N) is 1. The Morgan fingerprint density at radius 2 is 1.84 bits per heavy atom. The molecule has 1 N–H and O–H groups in total. The van der Waals surface area contributed by atoms with Gasteiger partial charge in [-0.3, -0.25) is 14.9 Å². The van der Waals surface area contributed by atoms with E-state index in [1.165, 1.54) is 13.2 Å². The van der Waals surface area contributed by atoms with E-state index in [9.17, 15) is 19.7 Å². The molecule has 10 nitrogen and oxygen atoms in total. The second-order valence-corrected chi connectivity index (χ2v) is 6.35. The quantitative estimate of drug-likeness (QED) is 0.248. The van der Waals surface area contributed by atoms with Gasteiger partial charge >= 0.3 is 5.97 Å². The summed E-state index contributed by atoms with van der Waals surface area (Å²) in [6.45, 7) is 0.552. The number of hydrogen-bond acceptors (Lipinski definition) is 8. The van der Waals surface area contributed by atoms with Crippen LogP contribution in [-0.2, 0) is 16.0 Å². The van der Waals surface area contributed by atoms with Crippen molar-refractivity contribution in [1.82, 2.24) is 5.32 Å². The Morgan fingerprint density at radius 1 is 1.06 bits per heavy atom. The SMILES string of the molecule is COC(=O)c1cc(OCCCNC(=O)Cc2cccc(OC)c2)c(OC)cc1[N+](=O)[O-]. The third kappa shape index (κ3) is 6.59. The molecule has 0 bridgehead atoms. The van der Waals surface area contributed by atoms with Crippen molar-refractivity contribution in [3.8, 4) is 17.2 Å². The summed E-state index contributed by atoms with van der Waals surface area (Å²) in [6, 6.07) is 9.57. The van der Waals surface area contributed by atoms with E-state index in [1.807, 2.05) is 12.1 Å². The number of esters is 1. The zero-order valence-electron chi connectivity index (χ0n) is 17.5. The maximum atomic E-state index is 12.1. The van der Waals surface area contributed by atoms with Gasteiger partial charge in [0, 0.05) is 12.6 Å². The van der Waals surface area contributed by atoms with Gasteiger partial charge in [0.1, 0.15) is 11.3 Å². The van der Waals surface area contributed by atoms with E-state index in [0.717, 1.165) is 18.7 Å². The fraction of sp³-hybridized carbons (Fsp3) is 0.333. The van der Waals surface area contributed by atoms with Gasteiger partial charge in [0.15, 0.2) is 11.5 Å². The molecule has 2 aromatic rings. The number of amides is 1. The molecule has 0 aliphatic carbocycles. The molecule has 0 unspecified atom stereocenters. The fourth-order valence-electron chi connectivity index (χ4n) is 2.76. The third-order valence-electron chi connectivity index (χ3n) is 4.28. The molecule has 0 radical (unpaired) electrons. The van der Waals surface area contributed by atoms with Crippen LogP contribution >= 0.6 is 0 Å². The van der Waals surface area contributed by atoms with Crippen molar-refractivity contribution in [1.29, 1.82) is 0 Å². The average molecular weight is 432 g/mol. The predicted octanol–water partition coefficient (Wildman–Crippen LogP) is 2.53. The minimum Gasteiger partial charge on any atom is -0.497 e. The second-order valence-electron chi connectivity index (χ2n) is 6.35. The number of carbonyl (C=O) groups is 2. The number of benzene rings is 2. The highest BCUT2D eigenvalue weighted by molar-refractivity contribution is 5.95. The molecule has 0 saturated heterocycles. The van der Waals surface area contributed by atoms with Gasteiger partial charge in [-0.15, -0.1) is 0 Å². The number of nitro benzene ring substituents is 1. The van der Waals surface area contributed by atoms with Crippen LogP contribution in [0.2, 0.25) is 0 Å². The maximum absolute atomic E-state index is 12.1. The van der Waals surface area contributed by atoms with E-state index in [-0.39, 0.29) is 36.0 Å². The Bertz CT molecular complexity index is 945. The van der Waals surface area contributed by atoms with Crippen molar-refractivity contribution < 1.29 is 33.5 Å². The molecule has 1 amide bonds. The molecule has 0 spiro atoms. The summed E-state index contributed by atoms with van der Waals surface area (Å²) in [5, 5.41) is 14.0. The fourth-order valence-corrected chi connectivity index (χ4v) is 2.76. The van der Waals surface area contributed by atoms with Crippen LogP contribution in [0.25, 0.3) is 0 Å². The van der Waals surface area contributed by atoms with Crippen LogP contribution in [0.5, 0.6) is 17.2 Å². The highest BCUT2D eigenvalue weighted by atomic mass is 16.6. The maximum Gasteiger partial charge on any atom is 0.345 e. The lowest BCUT2D eigenvalue weighted by atomic mass is 10.1. The highest BCUT2D eigenvalue weighted by Crippen LogP contribution is 2.35. The van der Waals surface area contributed by atoms with E-state index in [2.05, 4.69) is 10.1 Å². The smallest absolute Gasteiger partial charge is 0.345 e. The lowest BCUT2D eigenvalue weighted by Gasteiger charge is -2.12. The molecule has 0 aromatic heterocycles. The Labute approximate surface area is 179 Å². The first-order valence-electron chi connectivity index (χ1n) is 9.36. The number of nitrogens with zero attached hydrogens (tertiary/aromatic N) is 1. The first-order valence-corrected chi connectivity index (χ1v) is 9.36.